The normalized spacial score (nSPS) is 16.4. The van der Waals surface area contributed by atoms with Gasteiger partial charge in [-0.2, -0.15) is 0 Å². The maximum atomic E-state index is 6.21. The molecule has 0 radical (unpaired) electrons. The van der Waals surface area contributed by atoms with E-state index in [4.69, 9.17) is 10.5 Å². The van der Waals surface area contributed by atoms with Crippen molar-refractivity contribution in [2.45, 2.75) is 59.0 Å². The van der Waals surface area contributed by atoms with Crippen molar-refractivity contribution in [3.05, 3.63) is 11.4 Å². The smallest absolute Gasteiger partial charge is 0.137 e. The summed E-state index contributed by atoms with van der Waals surface area (Å²) in [4.78, 5) is 11.5. The minimum Gasteiger partial charge on any atom is -0.381 e. The van der Waals surface area contributed by atoms with Crippen LogP contribution < -0.4 is 16.0 Å². The highest BCUT2D eigenvalue weighted by atomic mass is 16.5. The lowest BCUT2D eigenvalue weighted by Gasteiger charge is -2.32. The molecule has 23 heavy (non-hydrogen) atoms. The number of hydrogen-bond donors (Lipinski definition) is 2. The van der Waals surface area contributed by atoms with Crippen molar-refractivity contribution >= 4 is 11.6 Å². The van der Waals surface area contributed by atoms with Gasteiger partial charge in [0.15, 0.2) is 0 Å². The molecule has 0 unspecified atom stereocenters. The van der Waals surface area contributed by atoms with Crippen LogP contribution in [0.4, 0.5) is 11.6 Å². The summed E-state index contributed by atoms with van der Waals surface area (Å²) in [5.74, 6) is 2.70. The summed E-state index contributed by atoms with van der Waals surface area (Å²) >= 11 is 0. The molecule has 6 heteroatoms. The lowest BCUT2D eigenvalue weighted by molar-refractivity contribution is 0.0903. The molecule has 3 N–H and O–H groups in total. The van der Waals surface area contributed by atoms with E-state index in [9.17, 15) is 0 Å². The van der Waals surface area contributed by atoms with E-state index in [-0.39, 0.29) is 5.54 Å². The molecule has 0 aromatic carbocycles. The van der Waals surface area contributed by atoms with E-state index in [0.717, 1.165) is 62.2 Å². The van der Waals surface area contributed by atoms with E-state index in [1.807, 2.05) is 20.8 Å². The Morgan fingerprint density at radius 1 is 1.26 bits per heavy atom. The molecule has 0 spiro atoms. The molecule has 0 aliphatic carbocycles. The minimum absolute atomic E-state index is 0.268. The van der Waals surface area contributed by atoms with E-state index in [0.29, 0.717) is 6.04 Å². The zero-order chi connectivity index (χ0) is 17.0. The summed E-state index contributed by atoms with van der Waals surface area (Å²) in [7, 11) is 0. The first kappa shape index (κ1) is 17.9. The van der Waals surface area contributed by atoms with Gasteiger partial charge in [-0.15, -0.1) is 0 Å². The topological polar surface area (TPSA) is 76.3 Å². The third kappa shape index (κ3) is 5.04. The lowest BCUT2D eigenvalue weighted by atomic mass is 10.1. The fourth-order valence-electron chi connectivity index (χ4n) is 2.93. The zero-order valence-electron chi connectivity index (χ0n) is 15.1. The van der Waals surface area contributed by atoms with Gasteiger partial charge in [0, 0.05) is 43.4 Å². The maximum absolute atomic E-state index is 6.21. The molecule has 6 nitrogen and oxygen atoms in total. The first-order valence-electron chi connectivity index (χ1n) is 8.53. The highest BCUT2D eigenvalue weighted by Gasteiger charge is 2.22. The van der Waals surface area contributed by atoms with Crippen LogP contribution in [0, 0.1) is 13.8 Å². The summed E-state index contributed by atoms with van der Waals surface area (Å²) in [6, 6.07) is 0.422. The van der Waals surface area contributed by atoms with Crippen LogP contribution in [-0.2, 0) is 4.74 Å². The monoisotopic (exact) mass is 321 g/mol. The Morgan fingerprint density at radius 3 is 2.48 bits per heavy atom. The van der Waals surface area contributed by atoms with E-state index in [1.165, 1.54) is 0 Å². The van der Waals surface area contributed by atoms with Gasteiger partial charge in [0.05, 0.1) is 0 Å². The summed E-state index contributed by atoms with van der Waals surface area (Å²) in [6.45, 7) is 13.5. The highest BCUT2D eigenvalue weighted by Crippen LogP contribution is 2.26. The van der Waals surface area contributed by atoms with Crippen LogP contribution >= 0.6 is 0 Å². The van der Waals surface area contributed by atoms with Gasteiger partial charge < -0.3 is 20.7 Å². The Morgan fingerprint density at radius 2 is 1.91 bits per heavy atom. The Hall–Kier alpha value is -1.40. The number of likely N-dealkylation sites (N-methyl/N-ethyl adjacent to an activating group) is 1. The molecule has 2 rings (SSSR count). The number of nitrogens with two attached hydrogens (primary N) is 1. The molecule has 1 aromatic rings. The quantitative estimate of drug-likeness (QED) is 0.837. The Labute approximate surface area is 139 Å². The molecule has 1 aliphatic heterocycles. The number of ether oxygens (including phenoxy) is 1. The van der Waals surface area contributed by atoms with Crippen molar-refractivity contribution in [2.75, 3.05) is 36.5 Å². The molecule has 1 fully saturated rings. The van der Waals surface area contributed by atoms with E-state index in [2.05, 4.69) is 34.0 Å². The molecule has 0 atom stereocenters. The first-order valence-corrected chi connectivity index (χ1v) is 8.53. The average Bonchev–Trinajstić information content (AvgIpc) is 2.48. The van der Waals surface area contributed by atoms with Crippen LogP contribution in [0.15, 0.2) is 0 Å². The van der Waals surface area contributed by atoms with Gasteiger partial charge in [0.1, 0.15) is 17.5 Å². The zero-order valence-corrected chi connectivity index (χ0v) is 15.1. The van der Waals surface area contributed by atoms with Gasteiger partial charge in [0.2, 0.25) is 0 Å². The molecule has 1 aromatic heterocycles. The average molecular weight is 321 g/mol. The van der Waals surface area contributed by atoms with Crippen LogP contribution in [0.3, 0.4) is 0 Å². The maximum Gasteiger partial charge on any atom is 0.137 e. The van der Waals surface area contributed by atoms with Crippen molar-refractivity contribution in [2.24, 2.45) is 5.73 Å². The van der Waals surface area contributed by atoms with Crippen LogP contribution in [0.25, 0.3) is 0 Å². The van der Waals surface area contributed by atoms with Crippen molar-refractivity contribution in [1.82, 2.24) is 9.97 Å². The molecule has 1 aliphatic rings. The standard InChI is InChI=1S/C17H31N5O/c1-6-22(11-17(4,5)18)16-12(2)15(19-13(3)20-16)21-14-7-9-23-10-8-14/h14H,6-11,18H2,1-5H3,(H,19,20,21). The second-order valence-corrected chi connectivity index (χ2v) is 7.10. The van der Waals surface area contributed by atoms with E-state index in [1.54, 1.807) is 0 Å². The fourth-order valence-corrected chi connectivity index (χ4v) is 2.93. The number of anilines is 2. The molecule has 1 saturated heterocycles. The molecule has 130 valence electrons. The van der Waals surface area contributed by atoms with Crippen molar-refractivity contribution in [1.29, 1.82) is 0 Å². The van der Waals surface area contributed by atoms with Gasteiger partial charge in [-0.1, -0.05) is 0 Å². The summed E-state index contributed by atoms with van der Waals surface area (Å²) in [5.41, 5.74) is 7.03. The second kappa shape index (κ2) is 7.45. The third-order valence-corrected chi connectivity index (χ3v) is 4.07. The summed E-state index contributed by atoms with van der Waals surface area (Å²) < 4.78 is 5.43. The number of rotatable bonds is 6. The molecule has 0 bridgehead atoms. The number of aryl methyl sites for hydroxylation is 1. The molecule has 0 amide bonds. The SMILES string of the molecule is CCN(CC(C)(C)N)c1nc(C)nc(NC2CCOCC2)c1C. The third-order valence-electron chi connectivity index (χ3n) is 4.07. The van der Waals surface area contributed by atoms with Crippen LogP contribution in [0.5, 0.6) is 0 Å². The van der Waals surface area contributed by atoms with Gasteiger partial charge in [-0.3, -0.25) is 0 Å². The minimum atomic E-state index is -0.268. The highest BCUT2D eigenvalue weighted by molar-refractivity contribution is 5.59. The predicted octanol–water partition coefficient (Wildman–Crippen LogP) is 2.25. The fraction of sp³-hybridized carbons (Fsp3) is 0.765. The van der Waals surface area contributed by atoms with E-state index < -0.39 is 0 Å². The van der Waals surface area contributed by atoms with Crippen LogP contribution in [-0.4, -0.2) is 47.9 Å². The van der Waals surface area contributed by atoms with Gasteiger partial charge >= 0.3 is 0 Å². The van der Waals surface area contributed by atoms with Gasteiger partial charge in [-0.25, -0.2) is 9.97 Å². The molecule has 0 saturated carbocycles. The summed E-state index contributed by atoms with van der Waals surface area (Å²) in [5, 5.41) is 3.58. The van der Waals surface area contributed by atoms with Gasteiger partial charge in [-0.05, 0) is 47.5 Å². The largest absolute Gasteiger partial charge is 0.381 e. The first-order chi connectivity index (χ1) is 10.8. The van der Waals surface area contributed by atoms with Crippen molar-refractivity contribution in [3.8, 4) is 0 Å². The Balaban J connectivity index is 2.25. The Bertz CT molecular complexity index is 520. The van der Waals surface area contributed by atoms with Crippen molar-refractivity contribution < 1.29 is 4.74 Å². The lowest BCUT2D eigenvalue weighted by Crippen LogP contribution is -2.46. The number of nitrogens with one attached hydrogen (secondary N) is 1. The Kier molecular flexibility index (Phi) is 5.81. The number of hydrogen-bond acceptors (Lipinski definition) is 6. The van der Waals surface area contributed by atoms with Crippen molar-refractivity contribution in [3.63, 3.8) is 0 Å². The molecular formula is C17H31N5O. The van der Waals surface area contributed by atoms with Crippen LogP contribution in [0.1, 0.15) is 45.0 Å². The second-order valence-electron chi connectivity index (χ2n) is 7.10. The summed E-state index contributed by atoms with van der Waals surface area (Å²) in [6.07, 6.45) is 2.04. The molecule has 2 heterocycles. The molecular weight excluding hydrogens is 290 g/mol. The number of aromatic nitrogens is 2. The van der Waals surface area contributed by atoms with E-state index >= 15 is 0 Å². The van der Waals surface area contributed by atoms with Crippen LogP contribution in [0.2, 0.25) is 0 Å². The predicted molar refractivity (Wildman–Crippen MR) is 95.1 cm³/mol. The van der Waals surface area contributed by atoms with Gasteiger partial charge in [0.25, 0.3) is 0 Å². The number of nitrogens with zero attached hydrogens (tertiary/aromatic N) is 3.